The standard InChI is InChI=1S/C42H25N5O/c1-2-11-27(12-3-1)39-44-40(46-41(45-39)32-15-8-18-36-38(32)33-16-9-25-43-42(33)48-36)28-19-22-29(23-20-28)47-34-17-7-6-14-31(34)37-30-13-5-4-10-26(30)21-24-35(37)47/h1-25H. The van der Waals surface area contributed by atoms with Crippen molar-refractivity contribution >= 4 is 54.6 Å². The molecule has 4 heterocycles. The lowest BCUT2D eigenvalue weighted by molar-refractivity contribution is 0.654. The monoisotopic (exact) mass is 615 g/mol. The van der Waals surface area contributed by atoms with Crippen LogP contribution < -0.4 is 0 Å². The Hall–Kier alpha value is -6.66. The number of rotatable bonds is 4. The zero-order chi connectivity index (χ0) is 31.6. The fraction of sp³-hybridized carbons (Fsp3) is 0. The Morgan fingerprint density at radius 1 is 0.458 bits per heavy atom. The Bertz CT molecular complexity index is 2830. The molecule has 6 nitrogen and oxygen atoms in total. The largest absolute Gasteiger partial charge is 0.438 e. The molecule has 48 heavy (non-hydrogen) atoms. The number of fused-ring (bicyclic) bond motifs is 8. The molecule has 0 bridgehead atoms. The van der Waals surface area contributed by atoms with Gasteiger partial charge in [0.2, 0.25) is 5.71 Å². The number of hydrogen-bond acceptors (Lipinski definition) is 5. The van der Waals surface area contributed by atoms with Crippen LogP contribution in [0.1, 0.15) is 0 Å². The quantitative estimate of drug-likeness (QED) is 0.197. The maximum atomic E-state index is 6.09. The predicted molar refractivity (Wildman–Crippen MR) is 193 cm³/mol. The van der Waals surface area contributed by atoms with Gasteiger partial charge in [0.1, 0.15) is 5.58 Å². The van der Waals surface area contributed by atoms with Crippen molar-refractivity contribution in [3.63, 3.8) is 0 Å². The first-order chi connectivity index (χ1) is 23.8. The van der Waals surface area contributed by atoms with Gasteiger partial charge in [0, 0.05) is 50.1 Å². The summed E-state index contributed by atoms with van der Waals surface area (Å²) in [5.41, 5.74) is 7.43. The van der Waals surface area contributed by atoms with Gasteiger partial charge in [-0.1, -0.05) is 91.0 Å². The normalized spacial score (nSPS) is 11.8. The van der Waals surface area contributed by atoms with E-state index in [4.69, 9.17) is 19.4 Å². The molecule has 0 fully saturated rings. The van der Waals surface area contributed by atoms with Gasteiger partial charge in [-0.05, 0) is 65.4 Å². The van der Waals surface area contributed by atoms with Crippen molar-refractivity contribution in [2.45, 2.75) is 0 Å². The molecule has 10 rings (SSSR count). The van der Waals surface area contributed by atoms with E-state index < -0.39 is 0 Å². The van der Waals surface area contributed by atoms with E-state index in [1.54, 1.807) is 6.20 Å². The van der Waals surface area contributed by atoms with Crippen LogP contribution in [0.15, 0.2) is 156 Å². The van der Waals surface area contributed by atoms with Crippen LogP contribution in [0.25, 0.3) is 94.5 Å². The number of hydrogen-bond donors (Lipinski definition) is 0. The minimum atomic E-state index is 0.578. The van der Waals surface area contributed by atoms with Crippen molar-refractivity contribution in [2.24, 2.45) is 0 Å². The molecule has 0 atom stereocenters. The molecular weight excluding hydrogens is 590 g/mol. The number of aromatic nitrogens is 5. The van der Waals surface area contributed by atoms with Crippen LogP contribution in [0.3, 0.4) is 0 Å². The van der Waals surface area contributed by atoms with Gasteiger partial charge in [-0.2, -0.15) is 0 Å². The summed E-state index contributed by atoms with van der Waals surface area (Å²) in [6, 6.07) is 50.1. The lowest BCUT2D eigenvalue weighted by Crippen LogP contribution is -2.01. The van der Waals surface area contributed by atoms with Gasteiger partial charge in [0.25, 0.3) is 0 Å². The fourth-order valence-electron chi connectivity index (χ4n) is 6.97. The maximum absolute atomic E-state index is 6.09. The van der Waals surface area contributed by atoms with Crippen LogP contribution in [-0.2, 0) is 0 Å². The van der Waals surface area contributed by atoms with E-state index >= 15 is 0 Å². The highest BCUT2D eigenvalue weighted by atomic mass is 16.3. The molecule has 0 spiro atoms. The number of para-hydroxylation sites is 1. The summed E-state index contributed by atoms with van der Waals surface area (Å²) in [6.45, 7) is 0. The summed E-state index contributed by atoms with van der Waals surface area (Å²) in [5.74, 6) is 1.78. The third-order valence-electron chi connectivity index (χ3n) is 9.13. The molecule has 0 N–H and O–H groups in total. The summed E-state index contributed by atoms with van der Waals surface area (Å²) in [7, 11) is 0. The van der Waals surface area contributed by atoms with Crippen LogP contribution in [0.2, 0.25) is 0 Å². The molecule has 6 heteroatoms. The molecule has 224 valence electrons. The Labute approximate surface area is 274 Å². The van der Waals surface area contributed by atoms with E-state index in [-0.39, 0.29) is 0 Å². The molecule has 6 aromatic carbocycles. The Morgan fingerprint density at radius 2 is 1.17 bits per heavy atom. The lowest BCUT2D eigenvalue weighted by atomic mass is 10.0. The average molecular weight is 616 g/mol. The van der Waals surface area contributed by atoms with Gasteiger partial charge in [0.05, 0.1) is 11.0 Å². The molecule has 0 saturated heterocycles. The summed E-state index contributed by atoms with van der Waals surface area (Å²) < 4.78 is 8.43. The summed E-state index contributed by atoms with van der Waals surface area (Å²) in [5, 5.41) is 6.85. The van der Waals surface area contributed by atoms with Crippen molar-refractivity contribution in [3.8, 4) is 39.9 Å². The topological polar surface area (TPSA) is 69.6 Å². The third kappa shape index (κ3) is 4.06. The molecule has 4 aromatic heterocycles. The molecule has 10 aromatic rings. The minimum absolute atomic E-state index is 0.578. The van der Waals surface area contributed by atoms with Gasteiger partial charge in [-0.25, -0.2) is 19.9 Å². The Morgan fingerprint density at radius 3 is 2.02 bits per heavy atom. The molecule has 0 aliphatic carbocycles. The highest BCUT2D eigenvalue weighted by Crippen LogP contribution is 2.38. The first-order valence-electron chi connectivity index (χ1n) is 15.9. The fourth-order valence-corrected chi connectivity index (χ4v) is 6.97. The Kier molecular flexibility index (Phi) is 5.77. The van der Waals surface area contributed by atoms with Gasteiger partial charge in [-0.15, -0.1) is 0 Å². The average Bonchev–Trinajstić information content (AvgIpc) is 3.71. The molecular formula is C42H25N5O. The Balaban J connectivity index is 1.16. The number of nitrogens with zero attached hydrogens (tertiary/aromatic N) is 5. The van der Waals surface area contributed by atoms with Crippen LogP contribution >= 0.6 is 0 Å². The second kappa shape index (κ2) is 10.4. The predicted octanol–water partition coefficient (Wildman–Crippen LogP) is 10.4. The van der Waals surface area contributed by atoms with E-state index in [9.17, 15) is 0 Å². The molecule has 0 saturated carbocycles. The molecule has 0 radical (unpaired) electrons. The molecule has 0 amide bonds. The molecule has 0 unspecified atom stereocenters. The second-order valence-electron chi connectivity index (χ2n) is 11.9. The van der Waals surface area contributed by atoms with Crippen molar-refractivity contribution in [1.82, 2.24) is 24.5 Å². The van der Waals surface area contributed by atoms with E-state index in [2.05, 4.69) is 94.5 Å². The van der Waals surface area contributed by atoms with E-state index in [0.29, 0.717) is 23.2 Å². The van der Waals surface area contributed by atoms with Crippen molar-refractivity contribution in [3.05, 3.63) is 152 Å². The zero-order valence-corrected chi connectivity index (χ0v) is 25.6. The second-order valence-corrected chi connectivity index (χ2v) is 11.9. The van der Waals surface area contributed by atoms with Crippen LogP contribution in [-0.4, -0.2) is 24.5 Å². The van der Waals surface area contributed by atoms with Crippen LogP contribution in [0.4, 0.5) is 0 Å². The molecule has 0 aliphatic heterocycles. The summed E-state index contributed by atoms with van der Waals surface area (Å²) >= 11 is 0. The van der Waals surface area contributed by atoms with E-state index in [0.717, 1.165) is 38.7 Å². The first kappa shape index (κ1) is 26.5. The van der Waals surface area contributed by atoms with Gasteiger partial charge >= 0.3 is 0 Å². The van der Waals surface area contributed by atoms with Gasteiger partial charge < -0.3 is 8.98 Å². The third-order valence-corrected chi connectivity index (χ3v) is 9.13. The smallest absolute Gasteiger partial charge is 0.227 e. The lowest BCUT2D eigenvalue weighted by Gasteiger charge is -2.11. The number of pyridine rings is 1. The van der Waals surface area contributed by atoms with Gasteiger partial charge in [0.15, 0.2) is 17.5 Å². The van der Waals surface area contributed by atoms with Crippen molar-refractivity contribution < 1.29 is 4.42 Å². The van der Waals surface area contributed by atoms with Crippen molar-refractivity contribution in [1.29, 1.82) is 0 Å². The number of furan rings is 1. The SMILES string of the molecule is c1ccc(-c2nc(-c3ccc(-n4c5ccccc5c5c6ccccc6ccc54)cc3)nc(-c3cccc4oc5ncccc5c34)n2)cc1. The highest BCUT2D eigenvalue weighted by molar-refractivity contribution is 6.21. The summed E-state index contributed by atoms with van der Waals surface area (Å²) in [4.78, 5) is 19.5. The van der Waals surface area contributed by atoms with Crippen LogP contribution in [0.5, 0.6) is 0 Å². The van der Waals surface area contributed by atoms with E-state index in [1.807, 2.05) is 60.7 Å². The van der Waals surface area contributed by atoms with Gasteiger partial charge in [-0.3, -0.25) is 0 Å². The maximum Gasteiger partial charge on any atom is 0.227 e. The first-order valence-corrected chi connectivity index (χ1v) is 15.9. The zero-order valence-electron chi connectivity index (χ0n) is 25.6. The van der Waals surface area contributed by atoms with Crippen LogP contribution in [0, 0.1) is 0 Å². The summed E-state index contributed by atoms with van der Waals surface area (Å²) in [6.07, 6.45) is 1.74. The van der Waals surface area contributed by atoms with Crippen molar-refractivity contribution in [2.75, 3.05) is 0 Å². The minimum Gasteiger partial charge on any atom is -0.438 e. The van der Waals surface area contributed by atoms with E-state index in [1.165, 1.54) is 32.6 Å². The molecule has 0 aliphatic rings. The number of benzene rings is 6. The highest BCUT2D eigenvalue weighted by Gasteiger charge is 2.19.